The molecule has 0 aliphatic carbocycles. The molecule has 2 fully saturated rings. The summed E-state index contributed by atoms with van der Waals surface area (Å²) in [6.45, 7) is 5.69. The van der Waals surface area contributed by atoms with E-state index in [9.17, 15) is 13.6 Å². The first-order valence-corrected chi connectivity index (χ1v) is 8.81. The third-order valence-electron chi connectivity index (χ3n) is 4.73. The molecule has 9 heteroatoms. The Balaban J connectivity index is 0.00000182. The minimum Gasteiger partial charge on any atom is -0.494 e. The molecule has 27 heavy (non-hydrogen) atoms. The molecule has 2 aliphatic heterocycles. The Kier molecular flexibility index (Phi) is 9.21. The molecule has 1 unspecified atom stereocenters. The highest BCUT2D eigenvalue weighted by Crippen LogP contribution is 2.26. The fourth-order valence-electron chi connectivity index (χ4n) is 3.35. The van der Waals surface area contributed by atoms with Gasteiger partial charge in [0.15, 0.2) is 0 Å². The van der Waals surface area contributed by atoms with Crippen LogP contribution < -0.4 is 10.1 Å². The van der Waals surface area contributed by atoms with E-state index in [0.717, 1.165) is 25.4 Å². The molecule has 1 amide bonds. The van der Waals surface area contributed by atoms with Crippen molar-refractivity contribution < 1.29 is 18.3 Å². The van der Waals surface area contributed by atoms with Gasteiger partial charge >= 0.3 is 0 Å². The number of rotatable bonds is 5. The van der Waals surface area contributed by atoms with Crippen LogP contribution in [-0.2, 0) is 11.3 Å². The second-order valence-electron chi connectivity index (χ2n) is 6.67. The van der Waals surface area contributed by atoms with Crippen LogP contribution in [0.15, 0.2) is 24.3 Å². The lowest BCUT2D eigenvalue weighted by molar-refractivity contribution is -0.135. The molecule has 0 radical (unpaired) electrons. The number of halogens is 4. The van der Waals surface area contributed by atoms with E-state index in [1.165, 1.54) is 5.56 Å². The standard InChI is InChI=1S/C18H25F2N3O2.2ClH/c1-2-25-15-5-3-14(4-6-15)12-22-7-9-23(10-8-22)17(24)16-11-18(19,20)13-21-16;;/h3-6,16,21H,2,7-13H2,1H3;2*1H. The molecule has 2 saturated heterocycles. The van der Waals surface area contributed by atoms with Crippen LogP contribution in [0.2, 0.25) is 0 Å². The highest BCUT2D eigenvalue weighted by atomic mass is 35.5. The van der Waals surface area contributed by atoms with E-state index >= 15 is 0 Å². The van der Waals surface area contributed by atoms with E-state index in [-0.39, 0.29) is 30.7 Å². The van der Waals surface area contributed by atoms with E-state index < -0.39 is 24.9 Å². The van der Waals surface area contributed by atoms with Crippen molar-refractivity contribution in [2.24, 2.45) is 0 Å². The average molecular weight is 426 g/mol. The molecular weight excluding hydrogens is 399 g/mol. The van der Waals surface area contributed by atoms with Crippen molar-refractivity contribution in [2.45, 2.75) is 31.9 Å². The molecule has 3 rings (SSSR count). The number of nitrogens with one attached hydrogen (secondary N) is 1. The molecule has 5 nitrogen and oxygen atoms in total. The van der Waals surface area contributed by atoms with Gasteiger partial charge in [-0.3, -0.25) is 15.0 Å². The van der Waals surface area contributed by atoms with Gasteiger partial charge in [-0.2, -0.15) is 0 Å². The maximum Gasteiger partial charge on any atom is 0.262 e. The van der Waals surface area contributed by atoms with Crippen LogP contribution >= 0.6 is 24.8 Å². The van der Waals surface area contributed by atoms with Gasteiger partial charge in [0.05, 0.1) is 19.2 Å². The first kappa shape index (κ1) is 23.9. The summed E-state index contributed by atoms with van der Waals surface area (Å²) >= 11 is 0. The molecule has 0 aromatic heterocycles. The number of carbonyl (C=O) groups excluding carboxylic acids is 1. The summed E-state index contributed by atoms with van der Waals surface area (Å²) in [4.78, 5) is 16.3. The van der Waals surface area contributed by atoms with Gasteiger partial charge < -0.3 is 9.64 Å². The molecule has 1 N–H and O–H groups in total. The van der Waals surface area contributed by atoms with Gasteiger partial charge in [-0.1, -0.05) is 12.1 Å². The maximum atomic E-state index is 13.3. The molecule has 1 aromatic carbocycles. The number of amides is 1. The highest BCUT2D eigenvalue weighted by molar-refractivity contribution is 5.85. The lowest BCUT2D eigenvalue weighted by Gasteiger charge is -2.36. The number of nitrogens with zero attached hydrogens (tertiary/aromatic N) is 2. The van der Waals surface area contributed by atoms with Crippen LogP contribution in [0, 0.1) is 0 Å². The molecular formula is C18H27Cl2F2N3O2. The van der Waals surface area contributed by atoms with Gasteiger partial charge in [-0.25, -0.2) is 8.78 Å². The molecule has 0 saturated carbocycles. The Labute approximate surface area is 171 Å². The van der Waals surface area contributed by atoms with Crippen LogP contribution in [0.3, 0.4) is 0 Å². The lowest BCUT2D eigenvalue weighted by atomic mass is 10.1. The Bertz CT molecular complexity index is 597. The number of alkyl halides is 2. The molecule has 154 valence electrons. The van der Waals surface area contributed by atoms with Gasteiger partial charge in [0.25, 0.3) is 5.92 Å². The Morgan fingerprint density at radius 3 is 2.33 bits per heavy atom. The quantitative estimate of drug-likeness (QED) is 0.787. The fourth-order valence-corrected chi connectivity index (χ4v) is 3.35. The van der Waals surface area contributed by atoms with Gasteiger partial charge in [-0.05, 0) is 24.6 Å². The van der Waals surface area contributed by atoms with Crippen LogP contribution in [0.4, 0.5) is 8.78 Å². The van der Waals surface area contributed by atoms with E-state index in [0.29, 0.717) is 19.7 Å². The number of hydrogen-bond donors (Lipinski definition) is 1. The second-order valence-corrected chi connectivity index (χ2v) is 6.67. The summed E-state index contributed by atoms with van der Waals surface area (Å²) in [5.41, 5.74) is 1.19. The zero-order valence-electron chi connectivity index (χ0n) is 15.3. The number of ether oxygens (including phenoxy) is 1. The summed E-state index contributed by atoms with van der Waals surface area (Å²) in [6, 6.07) is 7.28. The maximum absolute atomic E-state index is 13.3. The van der Waals surface area contributed by atoms with E-state index in [1.54, 1.807) is 4.90 Å². The molecule has 1 atom stereocenters. The number of piperazine rings is 1. The van der Waals surface area contributed by atoms with Gasteiger partial charge in [-0.15, -0.1) is 24.8 Å². The first-order chi connectivity index (χ1) is 12.0. The third-order valence-corrected chi connectivity index (χ3v) is 4.73. The predicted octanol–water partition coefficient (Wildman–Crippen LogP) is 2.57. The monoisotopic (exact) mass is 425 g/mol. The highest BCUT2D eigenvalue weighted by Gasteiger charge is 2.43. The number of carbonyl (C=O) groups is 1. The SMILES string of the molecule is CCOc1ccc(CN2CCN(C(=O)C3CC(F)(F)CN3)CC2)cc1.Cl.Cl. The largest absolute Gasteiger partial charge is 0.494 e. The summed E-state index contributed by atoms with van der Waals surface area (Å²) in [7, 11) is 0. The van der Waals surface area contributed by atoms with Gasteiger partial charge in [0.1, 0.15) is 5.75 Å². The molecule has 0 spiro atoms. The van der Waals surface area contributed by atoms with E-state index in [4.69, 9.17) is 4.74 Å². The van der Waals surface area contributed by atoms with Crippen molar-refractivity contribution in [1.29, 1.82) is 0 Å². The van der Waals surface area contributed by atoms with Crippen LogP contribution in [0.1, 0.15) is 18.9 Å². The van der Waals surface area contributed by atoms with Crippen molar-refractivity contribution in [2.75, 3.05) is 39.3 Å². The number of hydrogen-bond acceptors (Lipinski definition) is 4. The molecule has 1 aromatic rings. The zero-order valence-corrected chi connectivity index (χ0v) is 17.0. The van der Waals surface area contributed by atoms with Crippen molar-refractivity contribution in [3.05, 3.63) is 29.8 Å². The Morgan fingerprint density at radius 1 is 1.19 bits per heavy atom. The predicted molar refractivity (Wildman–Crippen MR) is 105 cm³/mol. The third kappa shape index (κ3) is 6.45. The lowest BCUT2D eigenvalue weighted by Crippen LogP contribution is -2.52. The van der Waals surface area contributed by atoms with Crippen molar-refractivity contribution in [3.8, 4) is 5.75 Å². The van der Waals surface area contributed by atoms with Crippen molar-refractivity contribution in [3.63, 3.8) is 0 Å². The van der Waals surface area contributed by atoms with E-state index in [1.807, 2.05) is 31.2 Å². The summed E-state index contributed by atoms with van der Waals surface area (Å²) in [5, 5.41) is 2.64. The van der Waals surface area contributed by atoms with Gasteiger partial charge in [0.2, 0.25) is 5.91 Å². The van der Waals surface area contributed by atoms with Crippen LogP contribution in [-0.4, -0.2) is 67.0 Å². The minimum atomic E-state index is -2.77. The smallest absolute Gasteiger partial charge is 0.262 e. The first-order valence-electron chi connectivity index (χ1n) is 8.81. The molecule has 2 aliphatic rings. The van der Waals surface area contributed by atoms with Crippen molar-refractivity contribution >= 4 is 30.7 Å². The van der Waals surface area contributed by atoms with E-state index in [2.05, 4.69) is 10.2 Å². The van der Waals surface area contributed by atoms with Crippen LogP contribution in [0.25, 0.3) is 0 Å². The summed E-state index contributed by atoms with van der Waals surface area (Å²) in [5.74, 6) is -2.10. The minimum absolute atomic E-state index is 0. The normalized spacial score (nSPS) is 21.9. The second kappa shape index (κ2) is 10.4. The van der Waals surface area contributed by atoms with Gasteiger partial charge in [0, 0.05) is 39.1 Å². The topological polar surface area (TPSA) is 44.8 Å². The summed E-state index contributed by atoms with van der Waals surface area (Å²) < 4.78 is 31.9. The average Bonchev–Trinajstić information content (AvgIpc) is 2.97. The summed E-state index contributed by atoms with van der Waals surface area (Å²) in [6.07, 6.45) is -0.391. The number of benzene rings is 1. The Morgan fingerprint density at radius 2 is 1.81 bits per heavy atom. The van der Waals surface area contributed by atoms with Crippen molar-refractivity contribution in [1.82, 2.24) is 15.1 Å². The van der Waals surface area contributed by atoms with Crippen LogP contribution in [0.5, 0.6) is 5.75 Å². The molecule has 2 heterocycles. The Hall–Kier alpha value is -1.15. The molecule has 0 bridgehead atoms. The zero-order chi connectivity index (χ0) is 17.9. The fraction of sp³-hybridized carbons (Fsp3) is 0.611.